The van der Waals surface area contributed by atoms with E-state index in [4.69, 9.17) is 9.84 Å². The van der Waals surface area contributed by atoms with Crippen molar-refractivity contribution in [3.05, 3.63) is 41.7 Å². The number of ether oxygens (including phenoxy) is 1. The largest absolute Gasteiger partial charge is 0.368 e. The van der Waals surface area contributed by atoms with Crippen molar-refractivity contribution in [2.75, 3.05) is 6.61 Å². The lowest BCUT2D eigenvalue weighted by atomic mass is 10.1. The minimum atomic E-state index is -0.632. The van der Waals surface area contributed by atoms with Crippen LogP contribution in [0.3, 0.4) is 0 Å². The molecular weight excluding hydrogens is 195 g/mol. The highest BCUT2D eigenvalue weighted by Crippen LogP contribution is 2.19. The zero-order valence-electron chi connectivity index (χ0n) is 8.27. The van der Waals surface area contributed by atoms with Crippen LogP contribution in [0.2, 0.25) is 0 Å². The maximum absolute atomic E-state index is 12.6. The number of hydrogen-bond acceptors (Lipinski definition) is 2. The van der Waals surface area contributed by atoms with Crippen LogP contribution >= 0.6 is 0 Å². The van der Waals surface area contributed by atoms with E-state index in [0.717, 1.165) is 5.56 Å². The van der Waals surface area contributed by atoms with Crippen molar-refractivity contribution in [3.63, 3.8) is 0 Å². The van der Waals surface area contributed by atoms with Crippen molar-refractivity contribution in [1.82, 2.24) is 0 Å². The van der Waals surface area contributed by atoms with Crippen molar-refractivity contribution in [1.29, 1.82) is 0 Å². The van der Waals surface area contributed by atoms with Crippen LogP contribution in [0.15, 0.2) is 30.3 Å². The maximum Gasteiger partial charge on any atom is 0.155 e. The summed E-state index contributed by atoms with van der Waals surface area (Å²) in [5, 5.41) is 9.13. The van der Waals surface area contributed by atoms with Gasteiger partial charge in [0.25, 0.3) is 0 Å². The Morgan fingerprint density at radius 1 is 1.33 bits per heavy atom. The summed E-state index contributed by atoms with van der Waals surface area (Å²) in [6.07, 6.45) is 3.92. The lowest BCUT2D eigenvalue weighted by molar-refractivity contribution is -0.0590. The Morgan fingerprint density at radius 2 is 2.07 bits per heavy atom. The van der Waals surface area contributed by atoms with Crippen molar-refractivity contribution in [2.45, 2.75) is 12.7 Å². The first-order chi connectivity index (χ1) is 7.24. The molecule has 2 atom stereocenters. The van der Waals surface area contributed by atoms with E-state index in [9.17, 15) is 4.39 Å². The van der Waals surface area contributed by atoms with E-state index in [1.54, 1.807) is 12.1 Å². The molecule has 1 heterocycles. The highest BCUT2D eigenvalue weighted by atomic mass is 19.1. The van der Waals surface area contributed by atoms with Crippen LogP contribution in [-0.4, -0.2) is 18.0 Å². The van der Waals surface area contributed by atoms with Crippen LogP contribution in [0.5, 0.6) is 0 Å². The zero-order valence-corrected chi connectivity index (χ0v) is 8.27. The Morgan fingerprint density at radius 3 is 2.67 bits per heavy atom. The summed E-state index contributed by atoms with van der Waals surface area (Å²) in [5.74, 6) is 0.0248. The fourth-order valence-corrected chi connectivity index (χ4v) is 1.58. The molecule has 0 radical (unpaired) electrons. The second kappa shape index (κ2) is 4.55. The predicted molar refractivity (Wildman–Crippen MR) is 55.5 cm³/mol. The molecule has 1 fully saturated rings. The molecule has 1 aliphatic heterocycles. The number of benzene rings is 1. The summed E-state index contributed by atoms with van der Waals surface area (Å²) in [4.78, 5) is 0. The van der Waals surface area contributed by atoms with Crippen LogP contribution in [0.4, 0.5) is 4.39 Å². The van der Waals surface area contributed by atoms with E-state index in [-0.39, 0.29) is 11.7 Å². The Hall–Kier alpha value is -1.19. The molecule has 1 aliphatic rings. The Kier molecular flexibility index (Phi) is 3.14. The van der Waals surface area contributed by atoms with Crippen LogP contribution in [0.1, 0.15) is 12.0 Å². The molecule has 0 aromatic heterocycles. The quantitative estimate of drug-likeness (QED) is 0.807. The summed E-state index contributed by atoms with van der Waals surface area (Å²) in [7, 11) is 0. The van der Waals surface area contributed by atoms with E-state index in [1.165, 1.54) is 12.1 Å². The normalized spacial score (nSPS) is 26.3. The molecule has 15 heavy (non-hydrogen) atoms. The molecule has 0 bridgehead atoms. The number of rotatable bonds is 2. The van der Waals surface area contributed by atoms with Crippen molar-refractivity contribution in [2.24, 2.45) is 5.92 Å². The first kappa shape index (κ1) is 10.3. The van der Waals surface area contributed by atoms with E-state index < -0.39 is 6.29 Å². The maximum atomic E-state index is 12.6. The third-order valence-corrected chi connectivity index (χ3v) is 2.44. The molecule has 2 nitrogen and oxygen atoms in total. The summed E-state index contributed by atoms with van der Waals surface area (Å²) in [6.45, 7) is 0.554. The molecule has 2 rings (SSSR count). The third kappa shape index (κ3) is 2.88. The summed E-state index contributed by atoms with van der Waals surface area (Å²) < 4.78 is 17.6. The Labute approximate surface area is 88.0 Å². The third-order valence-electron chi connectivity index (χ3n) is 2.44. The van der Waals surface area contributed by atoms with Crippen molar-refractivity contribution >= 4 is 6.08 Å². The van der Waals surface area contributed by atoms with Gasteiger partial charge >= 0.3 is 0 Å². The zero-order chi connectivity index (χ0) is 10.7. The van der Waals surface area contributed by atoms with Gasteiger partial charge in [-0.3, -0.25) is 0 Å². The van der Waals surface area contributed by atoms with Gasteiger partial charge < -0.3 is 9.84 Å². The van der Waals surface area contributed by atoms with E-state index >= 15 is 0 Å². The number of halogens is 1. The van der Waals surface area contributed by atoms with E-state index in [0.29, 0.717) is 13.0 Å². The molecule has 1 aromatic carbocycles. The Balaban J connectivity index is 1.96. The molecule has 0 spiro atoms. The van der Waals surface area contributed by atoms with Gasteiger partial charge in [0.1, 0.15) is 5.82 Å². The molecule has 0 aliphatic carbocycles. The van der Waals surface area contributed by atoms with Gasteiger partial charge in [0.15, 0.2) is 6.29 Å². The van der Waals surface area contributed by atoms with E-state index in [2.05, 4.69) is 0 Å². The van der Waals surface area contributed by atoms with Crippen molar-refractivity contribution < 1.29 is 14.2 Å². The molecule has 1 aromatic rings. The first-order valence-electron chi connectivity index (χ1n) is 4.97. The first-order valence-corrected chi connectivity index (χ1v) is 4.97. The fraction of sp³-hybridized carbons (Fsp3) is 0.333. The van der Waals surface area contributed by atoms with Crippen LogP contribution in [-0.2, 0) is 4.74 Å². The average Bonchev–Trinajstić information content (AvgIpc) is 2.64. The molecule has 0 amide bonds. The molecule has 1 saturated heterocycles. The lowest BCUT2D eigenvalue weighted by Crippen LogP contribution is -2.00. The summed E-state index contributed by atoms with van der Waals surface area (Å²) >= 11 is 0. The Bertz CT molecular complexity index is 345. The fourth-order valence-electron chi connectivity index (χ4n) is 1.58. The standard InChI is InChI=1S/C12H13FO2/c13-11-5-3-9(4-6-11)1-2-10-7-12(14)15-8-10/h1-6,10,12,14H,7-8H2/b2-1+/t10-,12?/m1/s1. The lowest BCUT2D eigenvalue weighted by Gasteiger charge is -1.98. The second-order valence-corrected chi connectivity index (χ2v) is 3.69. The number of hydrogen-bond donors (Lipinski definition) is 1. The monoisotopic (exact) mass is 208 g/mol. The van der Waals surface area contributed by atoms with Crippen LogP contribution < -0.4 is 0 Å². The van der Waals surface area contributed by atoms with Gasteiger partial charge in [0.2, 0.25) is 0 Å². The average molecular weight is 208 g/mol. The van der Waals surface area contributed by atoms with Gasteiger partial charge in [-0.25, -0.2) is 4.39 Å². The van der Waals surface area contributed by atoms with Gasteiger partial charge in [-0.2, -0.15) is 0 Å². The highest BCUT2D eigenvalue weighted by molar-refractivity contribution is 5.49. The van der Waals surface area contributed by atoms with Gasteiger partial charge in [0.05, 0.1) is 6.61 Å². The minimum absolute atomic E-state index is 0.230. The van der Waals surface area contributed by atoms with Gasteiger partial charge in [0, 0.05) is 12.3 Å². The molecule has 1 unspecified atom stereocenters. The molecule has 3 heteroatoms. The van der Waals surface area contributed by atoms with Crippen molar-refractivity contribution in [3.8, 4) is 0 Å². The van der Waals surface area contributed by atoms with Gasteiger partial charge in [-0.05, 0) is 17.7 Å². The van der Waals surface area contributed by atoms with Gasteiger partial charge in [-0.1, -0.05) is 24.3 Å². The number of aliphatic hydroxyl groups is 1. The topological polar surface area (TPSA) is 29.5 Å². The molecule has 1 N–H and O–H groups in total. The molecule has 80 valence electrons. The minimum Gasteiger partial charge on any atom is -0.368 e. The summed E-state index contributed by atoms with van der Waals surface area (Å²) in [5.41, 5.74) is 0.956. The second-order valence-electron chi connectivity index (χ2n) is 3.69. The van der Waals surface area contributed by atoms with E-state index in [1.807, 2.05) is 12.2 Å². The predicted octanol–water partition coefficient (Wildman–Crippen LogP) is 2.19. The van der Waals surface area contributed by atoms with Crippen LogP contribution in [0.25, 0.3) is 6.08 Å². The SMILES string of the molecule is OC1C[C@@H](/C=C/c2ccc(F)cc2)CO1. The highest BCUT2D eigenvalue weighted by Gasteiger charge is 2.20. The molecular formula is C12H13FO2. The van der Waals surface area contributed by atoms with Gasteiger partial charge in [-0.15, -0.1) is 0 Å². The number of aliphatic hydroxyl groups excluding tert-OH is 1. The van der Waals surface area contributed by atoms with Crippen LogP contribution in [0, 0.1) is 11.7 Å². The summed E-state index contributed by atoms with van der Waals surface area (Å²) in [6, 6.07) is 6.30. The molecule has 0 saturated carbocycles. The smallest absolute Gasteiger partial charge is 0.155 e.